The third-order valence-electron chi connectivity index (χ3n) is 3.48. The van der Waals surface area contributed by atoms with Gasteiger partial charge in [-0.25, -0.2) is 0 Å². The number of rotatable bonds is 9. The Kier molecular flexibility index (Phi) is 7.43. The Labute approximate surface area is 125 Å². The van der Waals surface area contributed by atoms with Crippen molar-refractivity contribution in [1.82, 2.24) is 5.32 Å². The van der Waals surface area contributed by atoms with Crippen molar-refractivity contribution in [2.24, 2.45) is 0 Å². The third kappa shape index (κ3) is 5.94. The number of nitrogens with one attached hydrogen (secondary N) is 1. The second-order valence-electron chi connectivity index (χ2n) is 5.28. The van der Waals surface area contributed by atoms with E-state index in [0.29, 0.717) is 17.7 Å². The van der Waals surface area contributed by atoms with E-state index in [1.54, 1.807) is 19.1 Å². The average molecular weight is 292 g/mol. The van der Waals surface area contributed by atoms with Crippen LogP contribution in [0.15, 0.2) is 18.2 Å². The quantitative estimate of drug-likeness (QED) is 0.425. The van der Waals surface area contributed by atoms with Crippen molar-refractivity contribution < 1.29 is 9.72 Å². The number of carbonyl (C=O) groups excluding carboxylic acids is 1. The summed E-state index contributed by atoms with van der Waals surface area (Å²) in [5.41, 5.74) is 0.896. The summed E-state index contributed by atoms with van der Waals surface area (Å²) in [5, 5.41) is 13.7. The molecular weight excluding hydrogens is 268 g/mol. The molecule has 1 aromatic rings. The number of amides is 1. The first-order valence-electron chi connectivity index (χ1n) is 7.59. The van der Waals surface area contributed by atoms with E-state index in [-0.39, 0.29) is 11.6 Å². The van der Waals surface area contributed by atoms with E-state index in [4.69, 9.17) is 0 Å². The number of unbranched alkanes of at least 4 members (excludes halogenated alkanes) is 5. The fourth-order valence-corrected chi connectivity index (χ4v) is 2.16. The van der Waals surface area contributed by atoms with E-state index in [0.717, 1.165) is 12.8 Å². The number of nitro groups is 1. The van der Waals surface area contributed by atoms with Crippen LogP contribution in [0.3, 0.4) is 0 Å². The van der Waals surface area contributed by atoms with Gasteiger partial charge < -0.3 is 5.32 Å². The Hall–Kier alpha value is -1.91. The highest BCUT2D eigenvalue weighted by molar-refractivity contribution is 5.94. The van der Waals surface area contributed by atoms with Gasteiger partial charge in [0, 0.05) is 23.7 Å². The number of hydrogen-bond acceptors (Lipinski definition) is 3. The maximum Gasteiger partial charge on any atom is 0.273 e. The van der Waals surface area contributed by atoms with Crippen LogP contribution in [0.25, 0.3) is 0 Å². The lowest BCUT2D eigenvalue weighted by atomic mass is 10.1. The van der Waals surface area contributed by atoms with Crippen molar-refractivity contribution in [2.45, 2.75) is 52.4 Å². The Morgan fingerprint density at radius 3 is 2.52 bits per heavy atom. The largest absolute Gasteiger partial charge is 0.352 e. The maximum absolute atomic E-state index is 11.9. The number of nitro benzene ring substituents is 1. The number of hydrogen-bond donors (Lipinski definition) is 1. The van der Waals surface area contributed by atoms with Crippen LogP contribution in [0, 0.1) is 17.0 Å². The van der Waals surface area contributed by atoms with Crippen molar-refractivity contribution >= 4 is 11.6 Å². The normalized spacial score (nSPS) is 10.4. The van der Waals surface area contributed by atoms with Gasteiger partial charge in [-0.15, -0.1) is 0 Å². The van der Waals surface area contributed by atoms with Crippen molar-refractivity contribution in [3.8, 4) is 0 Å². The topological polar surface area (TPSA) is 72.2 Å². The summed E-state index contributed by atoms with van der Waals surface area (Å²) in [7, 11) is 0. The standard InChI is InChI=1S/C16H24N2O3/c1-3-4-5-6-7-8-11-17-16(19)14-10-9-13(2)15(12-14)18(20)21/h9-10,12H,3-8,11H2,1-2H3,(H,17,19). The van der Waals surface area contributed by atoms with Gasteiger partial charge in [0.25, 0.3) is 11.6 Å². The Morgan fingerprint density at radius 1 is 1.19 bits per heavy atom. The summed E-state index contributed by atoms with van der Waals surface area (Å²) in [6, 6.07) is 4.57. The third-order valence-corrected chi connectivity index (χ3v) is 3.48. The monoisotopic (exact) mass is 292 g/mol. The van der Waals surface area contributed by atoms with Crippen LogP contribution in [-0.2, 0) is 0 Å². The number of nitrogens with zero attached hydrogens (tertiary/aromatic N) is 1. The van der Waals surface area contributed by atoms with Crippen LogP contribution in [0.4, 0.5) is 5.69 Å². The molecule has 5 heteroatoms. The number of aryl methyl sites for hydroxylation is 1. The lowest BCUT2D eigenvalue weighted by Gasteiger charge is -2.06. The molecule has 1 aromatic carbocycles. The first-order chi connectivity index (χ1) is 10.1. The molecule has 1 amide bonds. The minimum Gasteiger partial charge on any atom is -0.352 e. The van der Waals surface area contributed by atoms with Crippen molar-refractivity contribution in [3.63, 3.8) is 0 Å². The lowest BCUT2D eigenvalue weighted by molar-refractivity contribution is -0.385. The lowest BCUT2D eigenvalue weighted by Crippen LogP contribution is -2.24. The summed E-state index contributed by atoms with van der Waals surface area (Å²) in [5.74, 6) is -0.244. The molecule has 21 heavy (non-hydrogen) atoms. The van der Waals surface area contributed by atoms with E-state index in [9.17, 15) is 14.9 Å². The molecule has 1 N–H and O–H groups in total. The molecule has 0 saturated heterocycles. The fourth-order valence-electron chi connectivity index (χ4n) is 2.16. The average Bonchev–Trinajstić information content (AvgIpc) is 2.46. The Bertz CT molecular complexity index is 486. The predicted molar refractivity (Wildman–Crippen MR) is 83.5 cm³/mol. The van der Waals surface area contributed by atoms with Crippen LogP contribution in [-0.4, -0.2) is 17.4 Å². The molecule has 0 aliphatic carbocycles. The zero-order valence-electron chi connectivity index (χ0n) is 12.9. The summed E-state index contributed by atoms with van der Waals surface area (Å²) in [6.07, 6.45) is 6.98. The molecule has 0 aromatic heterocycles. The van der Waals surface area contributed by atoms with Crippen LogP contribution < -0.4 is 5.32 Å². The van der Waals surface area contributed by atoms with Gasteiger partial charge in [0.1, 0.15) is 0 Å². The van der Waals surface area contributed by atoms with Gasteiger partial charge in [-0.05, 0) is 19.4 Å². The Balaban J connectivity index is 2.39. The Morgan fingerprint density at radius 2 is 1.86 bits per heavy atom. The molecule has 116 valence electrons. The highest BCUT2D eigenvalue weighted by Crippen LogP contribution is 2.19. The summed E-state index contributed by atoms with van der Waals surface area (Å²) >= 11 is 0. The van der Waals surface area contributed by atoms with Crippen LogP contribution in [0.1, 0.15) is 61.4 Å². The molecule has 0 spiro atoms. The first-order valence-corrected chi connectivity index (χ1v) is 7.59. The molecule has 0 aliphatic heterocycles. The zero-order chi connectivity index (χ0) is 15.7. The number of carbonyl (C=O) groups is 1. The second-order valence-corrected chi connectivity index (χ2v) is 5.28. The van der Waals surface area contributed by atoms with Crippen molar-refractivity contribution in [2.75, 3.05) is 6.54 Å². The van der Waals surface area contributed by atoms with Gasteiger partial charge in [-0.2, -0.15) is 0 Å². The van der Waals surface area contributed by atoms with Gasteiger partial charge in [-0.1, -0.05) is 45.1 Å². The fraction of sp³-hybridized carbons (Fsp3) is 0.562. The predicted octanol–water partition coefficient (Wildman–Crippen LogP) is 3.99. The molecular formula is C16H24N2O3. The summed E-state index contributed by atoms with van der Waals surface area (Å²) in [4.78, 5) is 22.3. The van der Waals surface area contributed by atoms with Crippen molar-refractivity contribution in [1.29, 1.82) is 0 Å². The molecule has 0 aliphatic rings. The van der Waals surface area contributed by atoms with Gasteiger partial charge in [0.2, 0.25) is 0 Å². The van der Waals surface area contributed by atoms with Crippen LogP contribution in [0.5, 0.6) is 0 Å². The molecule has 5 nitrogen and oxygen atoms in total. The first kappa shape index (κ1) is 17.1. The zero-order valence-corrected chi connectivity index (χ0v) is 12.9. The maximum atomic E-state index is 11.9. The van der Waals surface area contributed by atoms with E-state index >= 15 is 0 Å². The van der Waals surface area contributed by atoms with Gasteiger partial charge >= 0.3 is 0 Å². The van der Waals surface area contributed by atoms with E-state index < -0.39 is 4.92 Å². The van der Waals surface area contributed by atoms with E-state index in [2.05, 4.69) is 12.2 Å². The molecule has 0 bridgehead atoms. The van der Waals surface area contributed by atoms with E-state index in [1.807, 2.05) is 0 Å². The van der Waals surface area contributed by atoms with Crippen LogP contribution >= 0.6 is 0 Å². The SMILES string of the molecule is CCCCCCCCNC(=O)c1ccc(C)c([N+](=O)[O-])c1. The highest BCUT2D eigenvalue weighted by Gasteiger charge is 2.14. The minimum absolute atomic E-state index is 0.0118. The molecule has 0 unspecified atom stereocenters. The molecule has 0 radical (unpaired) electrons. The number of benzene rings is 1. The molecule has 0 heterocycles. The smallest absolute Gasteiger partial charge is 0.273 e. The van der Waals surface area contributed by atoms with Crippen molar-refractivity contribution in [3.05, 3.63) is 39.4 Å². The molecule has 0 atom stereocenters. The highest BCUT2D eigenvalue weighted by atomic mass is 16.6. The van der Waals surface area contributed by atoms with Gasteiger partial charge in [0.05, 0.1) is 4.92 Å². The molecule has 0 fully saturated rings. The van der Waals surface area contributed by atoms with E-state index in [1.165, 1.54) is 31.7 Å². The molecule has 1 rings (SSSR count). The van der Waals surface area contributed by atoms with Gasteiger partial charge in [0.15, 0.2) is 0 Å². The van der Waals surface area contributed by atoms with Gasteiger partial charge in [-0.3, -0.25) is 14.9 Å². The van der Waals surface area contributed by atoms with Crippen LogP contribution in [0.2, 0.25) is 0 Å². The minimum atomic E-state index is -0.458. The second kappa shape index (κ2) is 9.10. The molecule has 0 saturated carbocycles. The summed E-state index contributed by atoms with van der Waals surface area (Å²) in [6.45, 7) is 4.46. The summed E-state index contributed by atoms with van der Waals surface area (Å²) < 4.78 is 0.